The van der Waals surface area contributed by atoms with E-state index in [-0.39, 0.29) is 21.2 Å². The number of aromatic carboxylic acids is 1. The van der Waals surface area contributed by atoms with Crippen LogP contribution in [0.2, 0.25) is 10.0 Å². The summed E-state index contributed by atoms with van der Waals surface area (Å²) in [6, 6.07) is 6.72. The zero-order valence-corrected chi connectivity index (χ0v) is 16.3. The van der Waals surface area contributed by atoms with E-state index in [1.807, 2.05) is 0 Å². The lowest BCUT2D eigenvalue weighted by Crippen LogP contribution is -2.19. The molecule has 2 aromatic carbocycles. The number of hydrogen-bond acceptors (Lipinski definition) is 1. The predicted molar refractivity (Wildman–Crippen MR) is 100 cm³/mol. The monoisotopic (exact) mass is 466 g/mol. The van der Waals surface area contributed by atoms with E-state index in [1.165, 1.54) is 36.4 Å². The maximum absolute atomic E-state index is 13.5. The van der Waals surface area contributed by atoms with Gasteiger partial charge in [0.1, 0.15) is 0 Å². The summed E-state index contributed by atoms with van der Waals surface area (Å²) in [5.41, 5.74) is 0.917. The van der Waals surface area contributed by atoms with Crippen molar-refractivity contribution >= 4 is 51.2 Å². The van der Waals surface area contributed by atoms with Crippen molar-refractivity contribution in [3.8, 4) is 0 Å². The molecule has 0 radical (unpaired) electrons. The molecule has 0 fully saturated rings. The lowest BCUT2D eigenvalue weighted by Gasteiger charge is -2.18. The maximum Gasteiger partial charge on any atom is 0.399 e. The Labute approximate surface area is 166 Å². The van der Waals surface area contributed by atoms with Crippen molar-refractivity contribution in [3.05, 3.63) is 73.2 Å². The number of alkyl halides is 3. The van der Waals surface area contributed by atoms with Crippen LogP contribution in [0, 0.1) is 6.92 Å². The number of halogens is 6. The van der Waals surface area contributed by atoms with Crippen molar-refractivity contribution in [3.63, 3.8) is 0 Å². The second-order valence-electron chi connectivity index (χ2n) is 5.56. The van der Waals surface area contributed by atoms with Crippen LogP contribution < -0.4 is 0 Å². The second-order valence-corrected chi connectivity index (χ2v) is 7.16. The molecule has 0 spiro atoms. The molecule has 0 aromatic heterocycles. The molecule has 2 nitrogen and oxygen atoms in total. The van der Waals surface area contributed by atoms with Crippen LogP contribution in [0.1, 0.15) is 33.0 Å². The molecule has 8 heteroatoms. The number of benzene rings is 2. The summed E-state index contributed by atoms with van der Waals surface area (Å²) in [5, 5.41) is 9.17. The standard InChI is InChI=1S/C18H12BrCl2F3O2/c1-9-6-10(2-4-12(9)17(25)26)3-5-13(18(22,23)24)11-7-14(20)16(19)15(21)8-11/h2-8,13H,1H3,(H,25,26). The number of carboxylic acid groups (broad SMARTS) is 1. The summed E-state index contributed by atoms with van der Waals surface area (Å²) in [6.07, 6.45) is -2.27. The summed E-state index contributed by atoms with van der Waals surface area (Å²) in [7, 11) is 0. The number of hydrogen-bond donors (Lipinski definition) is 1. The van der Waals surface area contributed by atoms with Gasteiger partial charge >= 0.3 is 12.1 Å². The number of carboxylic acids is 1. The van der Waals surface area contributed by atoms with Crippen LogP contribution in [-0.4, -0.2) is 17.3 Å². The Bertz CT molecular complexity index is 856. The van der Waals surface area contributed by atoms with Gasteiger partial charge in [-0.25, -0.2) is 4.79 Å². The van der Waals surface area contributed by atoms with Crippen molar-refractivity contribution < 1.29 is 23.1 Å². The van der Waals surface area contributed by atoms with Gasteiger partial charge in [-0.05, 0) is 57.7 Å². The van der Waals surface area contributed by atoms with E-state index in [0.29, 0.717) is 15.6 Å². The highest BCUT2D eigenvalue weighted by Crippen LogP contribution is 2.41. The van der Waals surface area contributed by atoms with E-state index < -0.39 is 18.1 Å². The molecule has 0 saturated heterocycles. The van der Waals surface area contributed by atoms with Gasteiger partial charge in [-0.3, -0.25) is 0 Å². The smallest absolute Gasteiger partial charge is 0.399 e. The Morgan fingerprint density at radius 3 is 2.23 bits per heavy atom. The molecule has 2 aromatic rings. The van der Waals surface area contributed by atoms with E-state index in [0.717, 1.165) is 6.08 Å². The maximum atomic E-state index is 13.5. The second kappa shape index (κ2) is 8.03. The van der Waals surface area contributed by atoms with Crippen molar-refractivity contribution in [1.29, 1.82) is 0 Å². The van der Waals surface area contributed by atoms with Crippen LogP contribution in [-0.2, 0) is 0 Å². The largest absolute Gasteiger partial charge is 0.478 e. The molecule has 1 atom stereocenters. The number of allylic oxidation sites excluding steroid dienone is 1. The quantitative estimate of drug-likeness (QED) is 0.486. The van der Waals surface area contributed by atoms with Gasteiger partial charge in [-0.15, -0.1) is 0 Å². The molecule has 26 heavy (non-hydrogen) atoms. The van der Waals surface area contributed by atoms with E-state index >= 15 is 0 Å². The first-order valence-corrected chi connectivity index (χ1v) is 8.79. The third-order valence-electron chi connectivity index (χ3n) is 3.68. The summed E-state index contributed by atoms with van der Waals surface area (Å²) >= 11 is 14.9. The van der Waals surface area contributed by atoms with Gasteiger partial charge in [0.05, 0.1) is 26.0 Å². The highest BCUT2D eigenvalue weighted by molar-refractivity contribution is 9.10. The zero-order chi connectivity index (χ0) is 19.6. The molecule has 0 heterocycles. The van der Waals surface area contributed by atoms with Crippen molar-refractivity contribution in [2.75, 3.05) is 0 Å². The molecule has 0 aliphatic rings. The predicted octanol–water partition coefficient (Wildman–Crippen LogP) is 7.12. The van der Waals surface area contributed by atoms with Gasteiger partial charge in [0, 0.05) is 0 Å². The highest BCUT2D eigenvalue weighted by Gasteiger charge is 2.39. The van der Waals surface area contributed by atoms with Gasteiger partial charge in [0.25, 0.3) is 0 Å². The lowest BCUT2D eigenvalue weighted by molar-refractivity contribution is -0.139. The SMILES string of the molecule is Cc1cc(C=CC(c2cc(Cl)c(Br)c(Cl)c2)C(F)(F)F)ccc1C(=O)O. The highest BCUT2D eigenvalue weighted by atomic mass is 79.9. The van der Waals surface area contributed by atoms with Crippen molar-refractivity contribution in [1.82, 2.24) is 0 Å². The Hall–Kier alpha value is -1.50. The molecule has 1 unspecified atom stereocenters. The van der Waals surface area contributed by atoms with Crippen LogP contribution in [0.3, 0.4) is 0 Å². The Morgan fingerprint density at radius 2 is 1.77 bits per heavy atom. The minimum atomic E-state index is -4.55. The van der Waals surface area contributed by atoms with Crippen LogP contribution >= 0.6 is 39.1 Å². The molecular formula is C18H12BrCl2F3O2. The van der Waals surface area contributed by atoms with Gasteiger partial charge in [-0.1, -0.05) is 47.5 Å². The molecule has 0 saturated carbocycles. The van der Waals surface area contributed by atoms with Crippen molar-refractivity contribution in [2.24, 2.45) is 0 Å². The summed E-state index contributed by atoms with van der Waals surface area (Å²) in [4.78, 5) is 11.0. The first-order chi connectivity index (χ1) is 12.0. The third kappa shape index (κ3) is 4.81. The molecule has 0 aliphatic carbocycles. The molecular weight excluding hydrogens is 456 g/mol. The molecule has 1 N–H and O–H groups in total. The third-order valence-corrected chi connectivity index (χ3v) is 5.59. The fourth-order valence-corrected chi connectivity index (χ4v) is 3.13. The molecule has 0 aliphatic heterocycles. The number of aryl methyl sites for hydroxylation is 1. The molecule has 138 valence electrons. The molecule has 0 amide bonds. The van der Waals surface area contributed by atoms with E-state index in [1.54, 1.807) is 6.92 Å². The fraction of sp³-hybridized carbons (Fsp3) is 0.167. The van der Waals surface area contributed by atoms with E-state index in [9.17, 15) is 18.0 Å². The van der Waals surface area contributed by atoms with Gasteiger partial charge < -0.3 is 5.11 Å². The number of carbonyl (C=O) groups is 1. The normalized spacial score (nSPS) is 13.2. The first kappa shape index (κ1) is 20.8. The van der Waals surface area contributed by atoms with E-state index in [2.05, 4.69) is 15.9 Å². The van der Waals surface area contributed by atoms with Crippen LogP contribution in [0.15, 0.2) is 40.9 Å². The average Bonchev–Trinajstić information content (AvgIpc) is 2.51. The summed E-state index contributed by atoms with van der Waals surface area (Å²) in [6.45, 7) is 1.58. The van der Waals surface area contributed by atoms with Crippen LogP contribution in [0.5, 0.6) is 0 Å². The minimum Gasteiger partial charge on any atom is -0.478 e. The van der Waals surface area contributed by atoms with E-state index in [4.69, 9.17) is 28.3 Å². The van der Waals surface area contributed by atoms with Gasteiger partial charge in [0.2, 0.25) is 0 Å². The Balaban J connectivity index is 2.42. The Kier molecular flexibility index (Phi) is 6.42. The fourth-order valence-electron chi connectivity index (χ4n) is 2.40. The Morgan fingerprint density at radius 1 is 1.19 bits per heavy atom. The average molecular weight is 468 g/mol. The summed E-state index contributed by atoms with van der Waals surface area (Å²) in [5.74, 6) is -3.00. The van der Waals surface area contributed by atoms with Crippen LogP contribution in [0.4, 0.5) is 13.2 Å². The number of rotatable bonds is 4. The van der Waals surface area contributed by atoms with Gasteiger partial charge in [0.15, 0.2) is 0 Å². The molecule has 2 rings (SSSR count). The first-order valence-electron chi connectivity index (χ1n) is 7.24. The summed E-state index contributed by atoms with van der Waals surface area (Å²) < 4.78 is 40.8. The van der Waals surface area contributed by atoms with Gasteiger partial charge in [-0.2, -0.15) is 13.2 Å². The topological polar surface area (TPSA) is 37.3 Å². The van der Waals surface area contributed by atoms with Crippen LogP contribution in [0.25, 0.3) is 6.08 Å². The lowest BCUT2D eigenvalue weighted by atomic mass is 9.96. The zero-order valence-electron chi connectivity index (χ0n) is 13.2. The minimum absolute atomic E-state index is 0.0804. The molecule has 0 bridgehead atoms. The van der Waals surface area contributed by atoms with Crippen molar-refractivity contribution in [2.45, 2.75) is 19.0 Å².